The Hall–Kier alpha value is -0.501. The van der Waals surface area contributed by atoms with Crippen molar-refractivity contribution in [3.8, 4) is 0 Å². The summed E-state index contributed by atoms with van der Waals surface area (Å²) in [6.07, 6.45) is 0. The van der Waals surface area contributed by atoms with Crippen molar-refractivity contribution in [1.29, 1.82) is 0 Å². The molecule has 0 unspecified atom stereocenters. The standard InChI is InChI=1S/CN3OSe/c2-4-3-1(5)6. The second kappa shape index (κ2) is 2.72. The Balaban J connectivity index is 3.60. The van der Waals surface area contributed by atoms with Gasteiger partial charge in [0.1, 0.15) is 0 Å². The van der Waals surface area contributed by atoms with Crippen LogP contribution >= 0.6 is 0 Å². The van der Waals surface area contributed by atoms with Crippen LogP contribution in [0.5, 0.6) is 0 Å². The normalized spacial score (nSPS) is 6.00. The molecule has 0 aliphatic carbocycles. The molecule has 4 nitrogen and oxygen atoms in total. The Morgan fingerprint density at radius 2 is 2.50 bits per heavy atom. The second-order valence-electron chi connectivity index (χ2n) is 0.455. The van der Waals surface area contributed by atoms with Gasteiger partial charge < -0.3 is 0 Å². The average molecular weight is 149 g/mol. The van der Waals surface area contributed by atoms with E-state index in [2.05, 4.69) is 10.0 Å². The van der Waals surface area contributed by atoms with Gasteiger partial charge in [-0.1, -0.05) is 0 Å². The number of rotatable bonds is 0. The van der Waals surface area contributed by atoms with Gasteiger partial charge >= 0.3 is 41.2 Å². The Kier molecular flexibility index (Phi) is 2.49. The zero-order valence-corrected chi connectivity index (χ0v) is 4.37. The number of azide groups is 1. The third-order valence-corrected chi connectivity index (χ3v) is 0.298. The average Bonchev–Trinajstić information content (AvgIpc) is 1.35. The van der Waals surface area contributed by atoms with E-state index in [0.717, 1.165) is 0 Å². The minimum absolute atomic E-state index is 0.627. The fourth-order valence-corrected chi connectivity index (χ4v) is 0.113. The number of hydrogen-bond acceptors (Lipinski definition) is 1. The quantitative estimate of drug-likeness (QED) is 0.215. The summed E-state index contributed by atoms with van der Waals surface area (Å²) in [7, 11) is 0. The molecule has 0 saturated carbocycles. The van der Waals surface area contributed by atoms with Gasteiger partial charge in [-0.3, -0.25) is 0 Å². The van der Waals surface area contributed by atoms with Gasteiger partial charge in [-0.25, -0.2) is 0 Å². The van der Waals surface area contributed by atoms with Crippen molar-refractivity contribution in [3.05, 3.63) is 10.4 Å². The van der Waals surface area contributed by atoms with E-state index >= 15 is 0 Å². The van der Waals surface area contributed by atoms with Crippen molar-refractivity contribution < 1.29 is 4.79 Å². The molecule has 31 valence electrons. The first kappa shape index (κ1) is 5.50. The van der Waals surface area contributed by atoms with E-state index in [1.54, 1.807) is 0 Å². The Labute approximate surface area is 42.0 Å². The number of amides is 1. The molecule has 5 heteroatoms. The van der Waals surface area contributed by atoms with Crippen LogP contribution in [0.15, 0.2) is 5.11 Å². The summed E-state index contributed by atoms with van der Waals surface area (Å²) in [4.78, 5) is 11.1. The van der Waals surface area contributed by atoms with Gasteiger partial charge in [0.05, 0.1) is 0 Å². The molecule has 0 aliphatic heterocycles. The van der Waals surface area contributed by atoms with E-state index in [-0.39, 0.29) is 0 Å². The summed E-state index contributed by atoms with van der Waals surface area (Å²) in [6, 6.07) is 0. The number of carbonyl (C=O) groups excluding carboxylic acids is 1. The first-order valence-corrected chi connectivity index (χ1v) is 1.89. The molecule has 0 atom stereocenters. The van der Waals surface area contributed by atoms with Crippen LogP contribution in [0.2, 0.25) is 0 Å². The summed E-state index contributed by atoms with van der Waals surface area (Å²) in [6.45, 7) is 0. The summed E-state index contributed by atoms with van der Waals surface area (Å²) in [5.74, 6) is 0. The van der Waals surface area contributed by atoms with Crippen molar-refractivity contribution >= 4 is 20.8 Å². The van der Waals surface area contributed by atoms with Crippen molar-refractivity contribution in [1.82, 2.24) is 0 Å². The van der Waals surface area contributed by atoms with E-state index in [1.165, 1.54) is 0 Å². The zero-order valence-electron chi connectivity index (χ0n) is 2.66. The first-order valence-electron chi connectivity index (χ1n) is 1.03. The van der Waals surface area contributed by atoms with Crippen LogP contribution in [0.4, 0.5) is 4.79 Å². The van der Waals surface area contributed by atoms with Crippen LogP contribution in [0.1, 0.15) is 0 Å². The third-order valence-electron chi connectivity index (χ3n) is 0.126. The Morgan fingerprint density at radius 3 is 2.50 bits per heavy atom. The predicted octanol–water partition coefficient (Wildman–Crippen LogP) is 0.585. The van der Waals surface area contributed by atoms with Crippen molar-refractivity contribution in [2.24, 2.45) is 5.11 Å². The van der Waals surface area contributed by atoms with Crippen LogP contribution in [0.25, 0.3) is 10.4 Å². The summed E-state index contributed by atoms with van der Waals surface area (Å²) in [5.41, 5.74) is 7.45. The minimum atomic E-state index is -0.627. The molecule has 0 aromatic rings. The van der Waals surface area contributed by atoms with Crippen LogP contribution in [0, 0.1) is 0 Å². The summed E-state index contributed by atoms with van der Waals surface area (Å²) >= 11 is 1.98. The van der Waals surface area contributed by atoms with E-state index < -0.39 is 4.81 Å². The maximum atomic E-state index is 9.57. The maximum absolute atomic E-state index is 9.57. The van der Waals surface area contributed by atoms with Crippen molar-refractivity contribution in [3.63, 3.8) is 0 Å². The molecular formula is CN3OSe. The Morgan fingerprint density at radius 1 is 2.00 bits per heavy atom. The van der Waals surface area contributed by atoms with Gasteiger partial charge in [0.25, 0.3) is 0 Å². The fourth-order valence-electron chi connectivity index (χ4n) is 0.0365. The van der Waals surface area contributed by atoms with Crippen LogP contribution in [-0.4, -0.2) is 20.8 Å². The summed E-state index contributed by atoms with van der Waals surface area (Å²) < 4.78 is 0. The molecule has 0 spiro atoms. The zero-order chi connectivity index (χ0) is 4.99. The van der Waals surface area contributed by atoms with Crippen LogP contribution in [-0.2, 0) is 0 Å². The predicted molar refractivity (Wildman–Crippen MR) is 20.3 cm³/mol. The van der Waals surface area contributed by atoms with E-state index in [1.807, 2.05) is 16.0 Å². The molecule has 0 fully saturated rings. The van der Waals surface area contributed by atoms with Crippen LogP contribution < -0.4 is 0 Å². The SMILES string of the molecule is [N-]=[N+]=NC(=O)[Se]. The number of nitrogens with zero attached hydrogens (tertiary/aromatic N) is 3. The van der Waals surface area contributed by atoms with Gasteiger partial charge in [-0.05, 0) is 0 Å². The first-order chi connectivity index (χ1) is 2.77. The number of carbonyl (C=O) groups is 1. The summed E-state index contributed by atoms with van der Waals surface area (Å²) in [5, 5.41) is 2.61. The molecule has 0 aliphatic rings. The van der Waals surface area contributed by atoms with E-state index in [0.29, 0.717) is 0 Å². The molecule has 0 aromatic carbocycles. The van der Waals surface area contributed by atoms with Crippen molar-refractivity contribution in [2.75, 3.05) is 0 Å². The molecule has 0 bridgehead atoms. The molecule has 0 heterocycles. The molecule has 1 radical (unpaired) electrons. The third kappa shape index (κ3) is 3.50. The molecule has 1 amide bonds. The fraction of sp³-hybridized carbons (Fsp3) is 0. The Bertz CT molecular complexity index is 103. The molecule has 0 rings (SSSR count). The second-order valence-corrected chi connectivity index (χ2v) is 1.19. The van der Waals surface area contributed by atoms with Gasteiger partial charge in [-0.2, -0.15) is 0 Å². The molecule has 0 saturated heterocycles. The molecule has 0 aromatic heterocycles. The molecular weight excluding hydrogens is 149 g/mol. The van der Waals surface area contributed by atoms with E-state index in [4.69, 9.17) is 5.53 Å². The van der Waals surface area contributed by atoms with Gasteiger partial charge in [-0.15, -0.1) is 0 Å². The molecule has 6 heavy (non-hydrogen) atoms. The van der Waals surface area contributed by atoms with Gasteiger partial charge in [0, 0.05) is 0 Å². The van der Waals surface area contributed by atoms with E-state index in [9.17, 15) is 4.79 Å². The van der Waals surface area contributed by atoms with Gasteiger partial charge in [0.2, 0.25) is 0 Å². The number of hydrogen-bond donors (Lipinski definition) is 0. The van der Waals surface area contributed by atoms with Crippen LogP contribution in [0.3, 0.4) is 0 Å². The van der Waals surface area contributed by atoms with Gasteiger partial charge in [0.15, 0.2) is 0 Å². The van der Waals surface area contributed by atoms with Crippen molar-refractivity contribution in [2.45, 2.75) is 0 Å². The monoisotopic (exact) mass is 150 g/mol. The molecule has 0 N–H and O–H groups in total. The topological polar surface area (TPSA) is 65.8 Å².